The van der Waals surface area contributed by atoms with Crippen LogP contribution < -0.4 is 0 Å². The fourth-order valence-corrected chi connectivity index (χ4v) is 2.97. The fourth-order valence-electron chi connectivity index (χ4n) is 2.74. The highest BCUT2D eigenvalue weighted by molar-refractivity contribution is 6.33. The van der Waals surface area contributed by atoms with Crippen molar-refractivity contribution < 1.29 is 23.1 Å². The molecule has 3 aromatic rings. The Morgan fingerprint density at radius 2 is 1.83 bits per heavy atom. The Morgan fingerprint density at radius 1 is 1.12 bits per heavy atom. The minimum Gasteiger partial charge on any atom is -0.481 e. The molecule has 0 bridgehead atoms. The van der Waals surface area contributed by atoms with Crippen molar-refractivity contribution in [2.75, 3.05) is 0 Å². The Balaban J connectivity index is 2.36. The van der Waals surface area contributed by atoms with E-state index in [2.05, 4.69) is 4.98 Å². The van der Waals surface area contributed by atoms with E-state index in [-0.39, 0.29) is 22.2 Å². The average Bonchev–Trinajstić information content (AvgIpc) is 2.84. The number of fused-ring (bicyclic) bond motifs is 1. The molecule has 0 aliphatic carbocycles. The first kappa shape index (κ1) is 16.4. The van der Waals surface area contributed by atoms with E-state index >= 15 is 0 Å². The first-order chi connectivity index (χ1) is 11.3. The van der Waals surface area contributed by atoms with Gasteiger partial charge in [0.25, 0.3) is 0 Å². The van der Waals surface area contributed by atoms with E-state index < -0.39 is 24.1 Å². The van der Waals surface area contributed by atoms with Crippen LogP contribution in [-0.4, -0.2) is 16.1 Å². The fraction of sp³-hybridized carbons (Fsp3) is 0.118. The maximum atomic E-state index is 13.2. The third kappa shape index (κ3) is 2.85. The zero-order valence-electron chi connectivity index (χ0n) is 12.1. The first-order valence-electron chi connectivity index (χ1n) is 6.96. The average molecular weight is 354 g/mol. The van der Waals surface area contributed by atoms with Gasteiger partial charge in [0.15, 0.2) is 0 Å². The highest BCUT2D eigenvalue weighted by Gasteiger charge is 2.34. The summed E-state index contributed by atoms with van der Waals surface area (Å²) in [5.74, 6) is -1.14. The molecule has 0 spiro atoms. The highest BCUT2D eigenvalue weighted by Crippen LogP contribution is 2.40. The summed E-state index contributed by atoms with van der Waals surface area (Å²) < 4.78 is 39.7. The van der Waals surface area contributed by atoms with Gasteiger partial charge in [0.2, 0.25) is 0 Å². The van der Waals surface area contributed by atoms with Crippen LogP contribution in [0.25, 0.3) is 22.2 Å². The number of benzene rings is 2. The molecule has 0 saturated carbocycles. The normalized spacial score (nSPS) is 11.8. The van der Waals surface area contributed by atoms with Gasteiger partial charge in [0, 0.05) is 16.0 Å². The van der Waals surface area contributed by atoms with Crippen LogP contribution in [0.15, 0.2) is 42.5 Å². The summed E-state index contributed by atoms with van der Waals surface area (Å²) in [4.78, 5) is 13.9. The van der Waals surface area contributed by atoms with Gasteiger partial charge in [-0.2, -0.15) is 13.2 Å². The molecular weight excluding hydrogens is 343 g/mol. The number of hydrogen-bond acceptors (Lipinski definition) is 1. The molecule has 0 radical (unpaired) electrons. The summed E-state index contributed by atoms with van der Waals surface area (Å²) >= 11 is 6.13. The number of hydrogen-bond donors (Lipinski definition) is 2. The number of para-hydroxylation sites is 1. The standard InChI is InChI=1S/C17H11ClF3NO2/c18-13-7-2-1-4-10(13)15-11(8-14(23)24)9-5-3-6-12(16(9)22-15)17(19,20)21/h1-7,22H,8H2,(H,23,24). The van der Waals surface area contributed by atoms with E-state index in [0.29, 0.717) is 10.6 Å². The molecule has 3 rings (SSSR count). The minimum atomic E-state index is -4.55. The summed E-state index contributed by atoms with van der Waals surface area (Å²) in [6.45, 7) is 0. The summed E-state index contributed by atoms with van der Waals surface area (Å²) in [5.41, 5.74) is 0.0345. The van der Waals surface area contributed by atoms with Gasteiger partial charge in [-0.3, -0.25) is 4.79 Å². The second-order valence-corrected chi connectivity index (χ2v) is 5.66. The van der Waals surface area contributed by atoms with Crippen molar-refractivity contribution in [3.8, 4) is 11.3 Å². The van der Waals surface area contributed by atoms with E-state index in [1.165, 1.54) is 12.1 Å². The van der Waals surface area contributed by atoms with Crippen molar-refractivity contribution in [3.63, 3.8) is 0 Å². The predicted octanol–water partition coefficient (Wildman–Crippen LogP) is 5.13. The van der Waals surface area contributed by atoms with Crippen LogP contribution in [0.2, 0.25) is 5.02 Å². The monoisotopic (exact) mass is 353 g/mol. The molecule has 1 aromatic heterocycles. The highest BCUT2D eigenvalue weighted by atomic mass is 35.5. The molecule has 0 aliphatic rings. The molecule has 2 aromatic carbocycles. The predicted molar refractivity (Wildman–Crippen MR) is 85.1 cm³/mol. The molecule has 0 aliphatic heterocycles. The smallest absolute Gasteiger partial charge is 0.418 e. The van der Waals surface area contributed by atoms with Crippen LogP contribution >= 0.6 is 11.6 Å². The Bertz CT molecular complexity index is 931. The number of halogens is 4. The lowest BCUT2D eigenvalue weighted by Gasteiger charge is -2.07. The van der Waals surface area contributed by atoms with Gasteiger partial charge in [0.1, 0.15) is 0 Å². The second kappa shape index (κ2) is 5.87. The van der Waals surface area contributed by atoms with Gasteiger partial charge < -0.3 is 10.1 Å². The third-order valence-electron chi connectivity index (χ3n) is 3.72. The van der Waals surface area contributed by atoms with E-state index in [1.54, 1.807) is 24.3 Å². The molecule has 0 fully saturated rings. The number of nitrogens with one attached hydrogen (secondary N) is 1. The van der Waals surface area contributed by atoms with Crippen LogP contribution in [-0.2, 0) is 17.4 Å². The molecule has 0 saturated heterocycles. The summed E-state index contributed by atoms with van der Waals surface area (Å²) in [6, 6.07) is 10.3. The molecule has 124 valence electrons. The molecule has 2 N–H and O–H groups in total. The number of alkyl halides is 3. The largest absolute Gasteiger partial charge is 0.481 e. The van der Waals surface area contributed by atoms with Gasteiger partial charge >= 0.3 is 12.1 Å². The van der Waals surface area contributed by atoms with E-state index in [4.69, 9.17) is 16.7 Å². The second-order valence-electron chi connectivity index (χ2n) is 5.25. The lowest BCUT2D eigenvalue weighted by atomic mass is 10.0. The SMILES string of the molecule is O=C(O)Cc1c(-c2ccccc2Cl)[nH]c2c(C(F)(F)F)cccc12. The van der Waals surface area contributed by atoms with Crippen molar-refractivity contribution >= 4 is 28.5 Å². The Morgan fingerprint density at radius 3 is 2.46 bits per heavy atom. The zero-order valence-corrected chi connectivity index (χ0v) is 12.9. The maximum Gasteiger partial charge on any atom is 0.418 e. The van der Waals surface area contributed by atoms with Gasteiger partial charge in [-0.25, -0.2) is 0 Å². The number of aliphatic carboxylic acids is 1. The van der Waals surface area contributed by atoms with Gasteiger partial charge in [-0.15, -0.1) is 0 Å². The van der Waals surface area contributed by atoms with Crippen LogP contribution in [0, 0.1) is 0 Å². The number of rotatable bonds is 3. The van der Waals surface area contributed by atoms with Crippen LogP contribution in [0.1, 0.15) is 11.1 Å². The maximum absolute atomic E-state index is 13.2. The Kier molecular flexibility index (Phi) is 4.01. The molecule has 0 amide bonds. The lowest BCUT2D eigenvalue weighted by Crippen LogP contribution is -2.05. The van der Waals surface area contributed by atoms with Crippen molar-refractivity contribution in [2.45, 2.75) is 12.6 Å². The molecule has 0 atom stereocenters. The van der Waals surface area contributed by atoms with Crippen molar-refractivity contribution in [1.82, 2.24) is 4.98 Å². The number of carbonyl (C=O) groups is 1. The number of aromatic nitrogens is 1. The summed E-state index contributed by atoms with van der Waals surface area (Å²) in [7, 11) is 0. The third-order valence-corrected chi connectivity index (χ3v) is 4.05. The van der Waals surface area contributed by atoms with Crippen LogP contribution in [0.3, 0.4) is 0 Å². The number of carboxylic acids is 1. The Labute approximate surface area is 139 Å². The molecule has 1 heterocycles. The van der Waals surface area contributed by atoms with E-state index in [0.717, 1.165) is 6.07 Å². The van der Waals surface area contributed by atoms with Crippen molar-refractivity contribution in [2.24, 2.45) is 0 Å². The van der Waals surface area contributed by atoms with Crippen LogP contribution in [0.4, 0.5) is 13.2 Å². The summed E-state index contributed by atoms with van der Waals surface area (Å²) in [6.07, 6.45) is -4.97. The molecular formula is C17H11ClF3NO2. The van der Waals surface area contributed by atoms with E-state index in [1.807, 2.05) is 0 Å². The minimum absolute atomic E-state index is 0.142. The van der Waals surface area contributed by atoms with Crippen LogP contribution in [0.5, 0.6) is 0 Å². The number of H-pyrrole nitrogens is 1. The topological polar surface area (TPSA) is 53.1 Å². The van der Waals surface area contributed by atoms with Gasteiger partial charge in [-0.05, 0) is 17.7 Å². The van der Waals surface area contributed by atoms with Crippen molar-refractivity contribution in [3.05, 3.63) is 58.6 Å². The molecule has 24 heavy (non-hydrogen) atoms. The van der Waals surface area contributed by atoms with Gasteiger partial charge in [-0.1, -0.05) is 41.9 Å². The summed E-state index contributed by atoms with van der Waals surface area (Å²) in [5, 5.41) is 9.69. The Hall–Kier alpha value is -2.47. The lowest BCUT2D eigenvalue weighted by molar-refractivity contribution is -0.137. The first-order valence-corrected chi connectivity index (χ1v) is 7.34. The molecule has 7 heteroatoms. The zero-order chi connectivity index (χ0) is 17.5. The quantitative estimate of drug-likeness (QED) is 0.685. The molecule has 0 unspecified atom stereocenters. The van der Waals surface area contributed by atoms with Crippen molar-refractivity contribution in [1.29, 1.82) is 0 Å². The van der Waals surface area contributed by atoms with E-state index in [9.17, 15) is 18.0 Å². The van der Waals surface area contributed by atoms with Gasteiger partial charge in [0.05, 0.1) is 23.2 Å². The molecule has 3 nitrogen and oxygen atoms in total. The number of carboxylic acid groups (broad SMARTS) is 1. The number of aromatic amines is 1.